The summed E-state index contributed by atoms with van der Waals surface area (Å²) in [6.07, 6.45) is 3.59. The quantitative estimate of drug-likeness (QED) is 0.892. The van der Waals surface area contributed by atoms with Crippen molar-refractivity contribution in [2.75, 3.05) is 18.1 Å². The molecule has 3 rings (SSSR count). The highest BCUT2D eigenvalue weighted by atomic mass is 19.1. The van der Waals surface area contributed by atoms with Crippen molar-refractivity contribution in [2.24, 2.45) is 5.73 Å². The Morgan fingerprint density at radius 3 is 3.05 bits per heavy atom. The van der Waals surface area contributed by atoms with E-state index in [0.29, 0.717) is 18.3 Å². The minimum Gasteiger partial charge on any atom is -0.374 e. The summed E-state index contributed by atoms with van der Waals surface area (Å²) in [4.78, 5) is 2.19. The summed E-state index contributed by atoms with van der Waals surface area (Å²) in [6.45, 7) is 3.33. The van der Waals surface area contributed by atoms with Crippen LogP contribution in [-0.2, 0) is 4.74 Å². The van der Waals surface area contributed by atoms with E-state index in [2.05, 4.69) is 4.90 Å². The largest absolute Gasteiger partial charge is 0.374 e. The first kappa shape index (κ1) is 12.9. The molecule has 19 heavy (non-hydrogen) atoms. The van der Waals surface area contributed by atoms with Gasteiger partial charge < -0.3 is 15.4 Å². The molecule has 1 aromatic rings. The summed E-state index contributed by atoms with van der Waals surface area (Å²) in [5.41, 5.74) is 7.59. The molecule has 0 aromatic heterocycles. The van der Waals surface area contributed by atoms with Crippen molar-refractivity contribution in [3.05, 3.63) is 29.6 Å². The minimum atomic E-state index is -0.164. The van der Waals surface area contributed by atoms with E-state index in [1.54, 1.807) is 6.07 Å². The zero-order valence-corrected chi connectivity index (χ0v) is 11.3. The molecule has 3 nitrogen and oxygen atoms in total. The van der Waals surface area contributed by atoms with E-state index in [9.17, 15) is 4.39 Å². The first-order chi connectivity index (χ1) is 9.18. The van der Waals surface area contributed by atoms with Gasteiger partial charge in [-0.3, -0.25) is 0 Å². The number of ether oxygens (including phenoxy) is 1. The van der Waals surface area contributed by atoms with Crippen LogP contribution < -0.4 is 10.6 Å². The second-order valence-corrected chi connectivity index (χ2v) is 5.57. The van der Waals surface area contributed by atoms with E-state index >= 15 is 0 Å². The molecule has 2 N–H and O–H groups in total. The monoisotopic (exact) mass is 264 g/mol. The first-order valence-corrected chi connectivity index (χ1v) is 7.10. The van der Waals surface area contributed by atoms with Crippen LogP contribution in [0.25, 0.3) is 0 Å². The van der Waals surface area contributed by atoms with E-state index in [0.717, 1.165) is 31.4 Å². The normalized spacial score (nSPS) is 28.3. The number of nitrogens with zero attached hydrogens (tertiary/aromatic N) is 1. The molecule has 1 aromatic carbocycles. The number of halogens is 1. The summed E-state index contributed by atoms with van der Waals surface area (Å²) in [7, 11) is 0. The Morgan fingerprint density at radius 1 is 1.42 bits per heavy atom. The van der Waals surface area contributed by atoms with Gasteiger partial charge in [-0.1, -0.05) is 12.1 Å². The lowest BCUT2D eigenvalue weighted by molar-refractivity contribution is 0.0253. The predicted molar refractivity (Wildman–Crippen MR) is 73.7 cm³/mol. The summed E-state index contributed by atoms with van der Waals surface area (Å²) < 4.78 is 20.1. The summed E-state index contributed by atoms with van der Waals surface area (Å²) in [5.74, 6) is -0.164. The number of anilines is 1. The average molecular weight is 264 g/mol. The van der Waals surface area contributed by atoms with E-state index in [4.69, 9.17) is 10.5 Å². The second kappa shape index (κ2) is 5.10. The van der Waals surface area contributed by atoms with Crippen molar-refractivity contribution in [1.29, 1.82) is 0 Å². The van der Waals surface area contributed by atoms with Crippen molar-refractivity contribution in [3.63, 3.8) is 0 Å². The second-order valence-electron chi connectivity index (χ2n) is 5.57. The molecule has 1 heterocycles. The number of nitrogens with two attached hydrogens (primary N) is 1. The molecule has 1 saturated carbocycles. The third-order valence-electron chi connectivity index (χ3n) is 4.28. The van der Waals surface area contributed by atoms with Gasteiger partial charge in [-0.2, -0.15) is 0 Å². The number of morpholine rings is 1. The van der Waals surface area contributed by atoms with Crippen LogP contribution in [0.4, 0.5) is 10.1 Å². The van der Waals surface area contributed by atoms with Crippen molar-refractivity contribution in [3.8, 4) is 0 Å². The molecule has 3 atom stereocenters. The zero-order chi connectivity index (χ0) is 13.4. The van der Waals surface area contributed by atoms with Crippen LogP contribution >= 0.6 is 0 Å². The maximum absolute atomic E-state index is 14.3. The van der Waals surface area contributed by atoms with E-state index in [1.165, 1.54) is 6.07 Å². The Hall–Kier alpha value is -1.13. The maximum atomic E-state index is 14.3. The Morgan fingerprint density at radius 2 is 2.26 bits per heavy atom. The third kappa shape index (κ3) is 2.23. The van der Waals surface area contributed by atoms with Crippen LogP contribution in [0.2, 0.25) is 0 Å². The highest BCUT2D eigenvalue weighted by molar-refractivity contribution is 5.57. The van der Waals surface area contributed by atoms with Gasteiger partial charge in [-0.25, -0.2) is 4.39 Å². The molecule has 1 saturated heterocycles. The minimum absolute atomic E-state index is 0.159. The molecule has 0 radical (unpaired) electrons. The molecular weight excluding hydrogens is 243 g/mol. The number of hydrogen-bond donors (Lipinski definition) is 1. The van der Waals surface area contributed by atoms with Gasteiger partial charge in [-0.05, 0) is 37.8 Å². The van der Waals surface area contributed by atoms with Crippen molar-refractivity contribution >= 4 is 5.69 Å². The molecule has 4 heteroatoms. The predicted octanol–water partition coefficient (Wildman–Crippen LogP) is 2.60. The van der Waals surface area contributed by atoms with Gasteiger partial charge in [0.1, 0.15) is 5.82 Å². The molecule has 0 bridgehead atoms. The lowest BCUT2D eigenvalue weighted by atomic mass is 10.0. The first-order valence-electron chi connectivity index (χ1n) is 7.10. The number of fused-ring (bicyclic) bond motifs is 1. The molecular formula is C15H21FN2O. The van der Waals surface area contributed by atoms with E-state index in [-0.39, 0.29) is 18.0 Å². The summed E-state index contributed by atoms with van der Waals surface area (Å²) >= 11 is 0. The van der Waals surface area contributed by atoms with E-state index < -0.39 is 0 Å². The number of para-hydroxylation sites is 1. The fourth-order valence-electron chi connectivity index (χ4n) is 3.41. The molecule has 2 aliphatic rings. The lowest BCUT2D eigenvalue weighted by Crippen LogP contribution is -2.49. The average Bonchev–Trinajstić information content (AvgIpc) is 2.86. The molecule has 2 fully saturated rings. The third-order valence-corrected chi connectivity index (χ3v) is 4.28. The van der Waals surface area contributed by atoms with Crippen molar-refractivity contribution in [2.45, 2.75) is 44.4 Å². The van der Waals surface area contributed by atoms with Gasteiger partial charge in [0.25, 0.3) is 0 Å². The van der Waals surface area contributed by atoms with Gasteiger partial charge in [0.15, 0.2) is 0 Å². The molecule has 0 amide bonds. The Balaban J connectivity index is 2.00. The fourth-order valence-corrected chi connectivity index (χ4v) is 3.41. The Kier molecular flexibility index (Phi) is 3.46. The molecule has 1 aliphatic carbocycles. The zero-order valence-electron chi connectivity index (χ0n) is 11.3. The highest BCUT2D eigenvalue weighted by Crippen LogP contribution is 2.37. The Bertz CT molecular complexity index is 463. The van der Waals surface area contributed by atoms with Crippen molar-refractivity contribution in [1.82, 2.24) is 0 Å². The number of rotatable bonds is 2. The summed E-state index contributed by atoms with van der Waals surface area (Å²) in [5, 5.41) is 0. The van der Waals surface area contributed by atoms with Gasteiger partial charge in [0.05, 0.1) is 24.4 Å². The van der Waals surface area contributed by atoms with Gasteiger partial charge >= 0.3 is 0 Å². The van der Waals surface area contributed by atoms with Gasteiger partial charge in [0, 0.05) is 12.6 Å². The van der Waals surface area contributed by atoms with Crippen LogP contribution in [0.15, 0.2) is 18.2 Å². The smallest absolute Gasteiger partial charge is 0.146 e. The molecule has 104 valence electrons. The maximum Gasteiger partial charge on any atom is 0.146 e. The molecule has 2 unspecified atom stereocenters. The fraction of sp³-hybridized carbons (Fsp3) is 0.600. The van der Waals surface area contributed by atoms with Crippen LogP contribution in [0.5, 0.6) is 0 Å². The number of hydrogen-bond acceptors (Lipinski definition) is 3. The SMILES string of the molecule is C[C@@H](N)c1cccc(F)c1N1CCOC2CCCC21. The standard InChI is InChI=1S/C15H21FN2O/c1-10(17)11-4-2-5-12(16)15(11)18-8-9-19-14-7-3-6-13(14)18/h2,4-5,10,13-14H,3,6-9,17H2,1H3/t10-,13?,14?/m1/s1. The molecule has 1 aliphatic heterocycles. The Labute approximate surface area is 113 Å². The van der Waals surface area contributed by atoms with Gasteiger partial charge in [0.2, 0.25) is 0 Å². The van der Waals surface area contributed by atoms with Crippen LogP contribution in [-0.4, -0.2) is 25.3 Å². The number of benzene rings is 1. The highest BCUT2D eigenvalue weighted by Gasteiger charge is 2.37. The van der Waals surface area contributed by atoms with Crippen LogP contribution in [0, 0.1) is 5.82 Å². The van der Waals surface area contributed by atoms with Crippen LogP contribution in [0.3, 0.4) is 0 Å². The topological polar surface area (TPSA) is 38.5 Å². The van der Waals surface area contributed by atoms with Gasteiger partial charge in [-0.15, -0.1) is 0 Å². The van der Waals surface area contributed by atoms with E-state index in [1.807, 2.05) is 13.0 Å². The lowest BCUT2D eigenvalue weighted by Gasteiger charge is -2.40. The molecule has 0 spiro atoms. The summed E-state index contributed by atoms with van der Waals surface area (Å²) in [6, 6.07) is 5.35. The van der Waals surface area contributed by atoms with Crippen molar-refractivity contribution < 1.29 is 9.13 Å². The van der Waals surface area contributed by atoms with Crippen LogP contribution in [0.1, 0.15) is 37.8 Å².